The van der Waals surface area contributed by atoms with E-state index < -0.39 is 36.0 Å². The highest BCUT2D eigenvalue weighted by Gasteiger charge is 2.80. The maximum atomic E-state index is 12.0. The van der Waals surface area contributed by atoms with Gasteiger partial charge in [-0.05, 0) is 93.3 Å². The van der Waals surface area contributed by atoms with Crippen molar-refractivity contribution >= 4 is 0 Å². The highest BCUT2D eigenvalue weighted by atomic mass is 16.7. The summed E-state index contributed by atoms with van der Waals surface area (Å²) in [5, 5.41) is 42.8. The Morgan fingerprint density at radius 2 is 1.65 bits per heavy atom. The molecule has 43 heavy (non-hydrogen) atoms. The van der Waals surface area contributed by atoms with E-state index in [1.807, 2.05) is 6.92 Å². The van der Waals surface area contributed by atoms with Gasteiger partial charge in [-0.2, -0.15) is 0 Å². The number of aliphatic hydroxyl groups excluding tert-OH is 3. The zero-order valence-electron chi connectivity index (χ0n) is 27.3. The van der Waals surface area contributed by atoms with Gasteiger partial charge in [0, 0.05) is 24.2 Å². The molecule has 7 rings (SSSR count). The van der Waals surface area contributed by atoms with Crippen LogP contribution in [0.25, 0.3) is 0 Å². The number of aliphatic hydroxyl groups is 4. The maximum Gasteiger partial charge on any atom is 0.186 e. The van der Waals surface area contributed by atoms with Crippen molar-refractivity contribution in [3.63, 3.8) is 0 Å². The first kappa shape index (κ1) is 31.0. The maximum absolute atomic E-state index is 12.0. The molecule has 0 amide bonds. The monoisotopic (exact) mass is 604 g/mol. The molecule has 7 aliphatic rings. The summed E-state index contributed by atoms with van der Waals surface area (Å²) in [6.45, 7) is 16.6. The number of hydrogen-bond donors (Lipinski definition) is 4. The number of rotatable bonds is 3. The second kappa shape index (κ2) is 9.72. The molecule has 3 aliphatic heterocycles. The number of hydrogen-bond acceptors (Lipinski definition) is 8. The summed E-state index contributed by atoms with van der Waals surface area (Å²) in [5.74, 6) is 0.645. The highest BCUT2D eigenvalue weighted by Crippen LogP contribution is 2.80. The van der Waals surface area contributed by atoms with Gasteiger partial charge in [0.1, 0.15) is 18.3 Å². The van der Waals surface area contributed by atoms with Crippen molar-refractivity contribution < 1.29 is 39.4 Å². The SMILES string of the molecule is CC(C)=C[C@H]1C[C@](C)(O)[C@@H]2[C@H]3CC[C@@H]4[C@@]5(C)CC[C@H](O[C@@H]6OC[C@H](O)[C@H](O)[C@H]6O)C(C)(C)[C@@H]5CC[C@@]4(C)[C@@]34CO[C@@]2(C4)O1. The van der Waals surface area contributed by atoms with E-state index in [0.717, 1.165) is 51.6 Å². The van der Waals surface area contributed by atoms with Gasteiger partial charge >= 0.3 is 0 Å². The van der Waals surface area contributed by atoms with Crippen molar-refractivity contribution in [1.29, 1.82) is 0 Å². The third kappa shape index (κ3) is 4.09. The van der Waals surface area contributed by atoms with Gasteiger partial charge in [0.15, 0.2) is 12.1 Å². The zero-order valence-corrected chi connectivity index (χ0v) is 27.3. The van der Waals surface area contributed by atoms with Gasteiger partial charge in [-0.1, -0.05) is 39.3 Å². The molecule has 0 aromatic rings. The molecule has 4 saturated carbocycles. The minimum atomic E-state index is -1.27. The van der Waals surface area contributed by atoms with Gasteiger partial charge in [0.2, 0.25) is 0 Å². The smallest absolute Gasteiger partial charge is 0.186 e. The molecule has 0 unspecified atom stereocenters. The molecule has 4 aliphatic carbocycles. The molecule has 0 aromatic heterocycles. The highest BCUT2D eigenvalue weighted by molar-refractivity contribution is 5.26. The predicted octanol–water partition coefficient (Wildman–Crippen LogP) is 4.32. The van der Waals surface area contributed by atoms with Crippen LogP contribution < -0.4 is 0 Å². The molecule has 0 aromatic carbocycles. The molecule has 3 saturated heterocycles. The third-order valence-electron chi connectivity index (χ3n) is 14.5. The van der Waals surface area contributed by atoms with Gasteiger partial charge in [0.25, 0.3) is 0 Å². The second-order valence-corrected chi connectivity index (χ2v) is 17.4. The van der Waals surface area contributed by atoms with E-state index in [1.54, 1.807) is 0 Å². The Bertz CT molecular complexity index is 1150. The normalized spacial score (nSPS) is 58.6. The first-order valence-corrected chi connectivity index (χ1v) is 17.0. The first-order chi connectivity index (χ1) is 20.0. The number of allylic oxidation sites excluding steroid dienone is 1. The van der Waals surface area contributed by atoms with E-state index in [4.69, 9.17) is 18.9 Å². The topological polar surface area (TPSA) is 118 Å². The molecule has 2 spiro atoms. The van der Waals surface area contributed by atoms with Gasteiger partial charge < -0.3 is 39.4 Å². The minimum absolute atomic E-state index is 0.00441. The molecular weight excluding hydrogens is 548 g/mol. The van der Waals surface area contributed by atoms with Crippen LogP contribution in [0, 0.1) is 45.3 Å². The summed E-state index contributed by atoms with van der Waals surface area (Å²) in [6, 6.07) is 0. The Labute approximate surface area is 257 Å². The average Bonchev–Trinajstić information content (AvgIpc) is 3.42. The Morgan fingerprint density at radius 1 is 0.907 bits per heavy atom. The molecule has 3 heterocycles. The van der Waals surface area contributed by atoms with Crippen LogP contribution in [0.5, 0.6) is 0 Å². The summed E-state index contributed by atoms with van der Waals surface area (Å²) in [6.07, 6.45) is 5.20. The molecule has 7 fully saturated rings. The van der Waals surface area contributed by atoms with E-state index in [-0.39, 0.29) is 46.4 Å². The summed E-state index contributed by atoms with van der Waals surface area (Å²) in [7, 11) is 0. The molecule has 2 bridgehead atoms. The molecule has 244 valence electrons. The molecular formula is C35H56O8. The molecule has 4 N–H and O–H groups in total. The van der Waals surface area contributed by atoms with E-state index >= 15 is 0 Å². The minimum Gasteiger partial charge on any atom is -0.390 e. The van der Waals surface area contributed by atoms with Crippen LogP contribution >= 0.6 is 0 Å². The summed E-state index contributed by atoms with van der Waals surface area (Å²) in [4.78, 5) is 0. The van der Waals surface area contributed by atoms with Crippen LogP contribution in [0.2, 0.25) is 0 Å². The van der Waals surface area contributed by atoms with Crippen LogP contribution in [-0.4, -0.2) is 81.8 Å². The van der Waals surface area contributed by atoms with Crippen molar-refractivity contribution in [2.24, 2.45) is 45.3 Å². The number of ether oxygens (including phenoxy) is 4. The standard InChI is InChI=1S/C35H56O8/c1-19(2)14-20-15-33(7,39)28-21-8-9-24-31(5)12-11-25(42-29-27(38)26(37)22(36)16-40-29)30(3,4)23(31)10-13-32(24,6)34(21)17-35(28,43-20)41-18-34/h14,20-29,36-39H,8-13,15-18H2,1-7H3/t20-,21+,22-,23-,24+,25-,26-,27+,28-,29-,31-,32+,33-,34-,35-/m0/s1. The van der Waals surface area contributed by atoms with Crippen molar-refractivity contribution in [2.45, 2.75) is 148 Å². The van der Waals surface area contributed by atoms with E-state index in [1.165, 1.54) is 5.57 Å². The fourth-order valence-electron chi connectivity index (χ4n) is 12.9. The fraction of sp³-hybridized carbons (Fsp3) is 0.943. The second-order valence-electron chi connectivity index (χ2n) is 17.4. The van der Waals surface area contributed by atoms with Gasteiger partial charge in [0.05, 0.1) is 31.0 Å². The van der Waals surface area contributed by atoms with Gasteiger partial charge in [-0.3, -0.25) is 0 Å². The molecule has 15 atom stereocenters. The predicted molar refractivity (Wildman–Crippen MR) is 160 cm³/mol. The van der Waals surface area contributed by atoms with Crippen molar-refractivity contribution in [1.82, 2.24) is 0 Å². The van der Waals surface area contributed by atoms with Crippen LogP contribution in [0.3, 0.4) is 0 Å². The molecule has 8 heteroatoms. The van der Waals surface area contributed by atoms with E-state index in [0.29, 0.717) is 24.2 Å². The van der Waals surface area contributed by atoms with E-state index in [9.17, 15) is 20.4 Å². The first-order valence-electron chi connectivity index (χ1n) is 17.0. The lowest BCUT2D eigenvalue weighted by Gasteiger charge is -2.70. The third-order valence-corrected chi connectivity index (χ3v) is 14.5. The largest absolute Gasteiger partial charge is 0.390 e. The summed E-state index contributed by atoms with van der Waals surface area (Å²) < 4.78 is 25.8. The lowest BCUT2D eigenvalue weighted by Crippen LogP contribution is -2.67. The van der Waals surface area contributed by atoms with Gasteiger partial charge in [-0.25, -0.2) is 0 Å². The summed E-state index contributed by atoms with van der Waals surface area (Å²) in [5.41, 5.74) is 0.410. The Balaban J connectivity index is 1.17. The van der Waals surface area contributed by atoms with Crippen LogP contribution in [0.1, 0.15) is 99.8 Å². The zero-order chi connectivity index (χ0) is 31.0. The number of fused-ring (bicyclic) bond motifs is 4. The Morgan fingerprint density at radius 3 is 2.37 bits per heavy atom. The van der Waals surface area contributed by atoms with Crippen LogP contribution in [0.15, 0.2) is 11.6 Å². The van der Waals surface area contributed by atoms with E-state index in [2.05, 4.69) is 47.6 Å². The van der Waals surface area contributed by atoms with Crippen LogP contribution in [-0.2, 0) is 18.9 Å². The summed E-state index contributed by atoms with van der Waals surface area (Å²) >= 11 is 0. The fourth-order valence-corrected chi connectivity index (χ4v) is 12.9. The van der Waals surface area contributed by atoms with Crippen LogP contribution in [0.4, 0.5) is 0 Å². The van der Waals surface area contributed by atoms with Gasteiger partial charge in [-0.15, -0.1) is 0 Å². The average molecular weight is 605 g/mol. The van der Waals surface area contributed by atoms with Crippen molar-refractivity contribution in [2.75, 3.05) is 13.2 Å². The Kier molecular flexibility index (Phi) is 7.02. The molecule has 8 nitrogen and oxygen atoms in total. The van der Waals surface area contributed by atoms with Crippen molar-refractivity contribution in [3.8, 4) is 0 Å². The lowest BCUT2D eigenvalue weighted by molar-refractivity contribution is -0.341. The lowest BCUT2D eigenvalue weighted by atomic mass is 9.35. The van der Waals surface area contributed by atoms with Crippen molar-refractivity contribution in [3.05, 3.63) is 11.6 Å². The Hall–Kier alpha value is -0.580. The quantitative estimate of drug-likeness (QED) is 0.278. The molecule has 0 radical (unpaired) electrons.